The van der Waals surface area contributed by atoms with E-state index in [9.17, 15) is 25.2 Å². The number of aliphatic hydroxyl groups excluding tert-OH is 4. The highest BCUT2D eigenvalue weighted by atomic mass is 16.7. The molecule has 14 nitrogen and oxygen atoms in total. The minimum atomic E-state index is -1.83. The van der Waals surface area contributed by atoms with Crippen molar-refractivity contribution in [2.24, 2.45) is 17.8 Å². The number of aliphatic hydroxyl groups is 5. The van der Waals surface area contributed by atoms with E-state index >= 15 is 0 Å². The van der Waals surface area contributed by atoms with E-state index in [1.807, 2.05) is 32.1 Å². The molecule has 0 aromatic rings. The lowest BCUT2D eigenvalue weighted by Crippen LogP contribution is -2.60. The Morgan fingerprint density at radius 3 is 2.55 bits per heavy atom. The molecule has 372 valence electrons. The van der Waals surface area contributed by atoms with Gasteiger partial charge in [-0.3, -0.25) is 0 Å². The number of ether oxygens (including phenoxy) is 8. The molecule has 6 saturated heterocycles. The Morgan fingerprint density at radius 2 is 1.79 bits per heavy atom. The van der Waals surface area contributed by atoms with Crippen LogP contribution in [0.15, 0.2) is 59.8 Å². The predicted molar refractivity (Wildman–Crippen MR) is 246 cm³/mol. The molecule has 0 amide bonds. The Morgan fingerprint density at radius 1 is 1.02 bits per heavy atom. The van der Waals surface area contributed by atoms with Crippen LogP contribution in [0, 0.1) is 17.8 Å². The Bertz CT molecular complexity index is 1780. The second-order valence-electron chi connectivity index (χ2n) is 21.1. The van der Waals surface area contributed by atoms with Crippen molar-refractivity contribution in [2.75, 3.05) is 19.8 Å². The number of esters is 1. The molecule has 7 aliphatic rings. The standard InChI is InChI=1S/C52H80O14/c1-32(13-9-8-11-25-53)31-59-48(57)49(7,58)30-39-16-17-43(55)52(63-39)29-33(2)27-42(64-52)34(3)14-15-38-19-23-51(62-38)24-20-41-47(66-51)44(56)37(6)46(61-41)40(54)28-36(5)45-35(4)18-22-50(65-45)21-10-12-26-60-50/h8-9,13-15,29,34-36,38-47,53-56,58H,6,10-12,16-28,30-31H2,1-5,7H3/b9-8+,15-14+,32-13+/t34-,35-,36+,38+,39+,40+,41-,42+,43-,44-,45?,46+,47-,49-,50+,51-,52-/m1/s1. The Hall–Kier alpha value is -2.31. The van der Waals surface area contributed by atoms with Crippen molar-refractivity contribution in [2.45, 2.75) is 222 Å². The lowest BCUT2D eigenvalue weighted by Gasteiger charge is -2.50. The second-order valence-corrected chi connectivity index (χ2v) is 21.1. The van der Waals surface area contributed by atoms with E-state index in [2.05, 4.69) is 33.4 Å². The Kier molecular flexibility index (Phi) is 17.0. The van der Waals surface area contributed by atoms with E-state index in [0.717, 1.165) is 56.3 Å². The number of allylic oxidation sites excluding steroid dienone is 2. The predicted octanol–water partition coefficient (Wildman–Crippen LogP) is 6.56. The van der Waals surface area contributed by atoms with Crippen molar-refractivity contribution < 1.29 is 68.2 Å². The minimum Gasteiger partial charge on any atom is -0.459 e. The highest BCUT2D eigenvalue weighted by Crippen LogP contribution is 2.47. The molecule has 0 aromatic carbocycles. The summed E-state index contributed by atoms with van der Waals surface area (Å²) in [5.74, 6) is -3.30. The van der Waals surface area contributed by atoms with Gasteiger partial charge in [0.2, 0.25) is 5.79 Å². The summed E-state index contributed by atoms with van der Waals surface area (Å²) >= 11 is 0. The number of carbonyl (C=O) groups excluding carboxylic acids is 1. The molecule has 7 heterocycles. The molecule has 0 bridgehead atoms. The molecule has 0 radical (unpaired) electrons. The zero-order valence-corrected chi connectivity index (χ0v) is 40.3. The van der Waals surface area contributed by atoms with Gasteiger partial charge < -0.3 is 63.4 Å². The van der Waals surface area contributed by atoms with Crippen LogP contribution in [-0.4, -0.2) is 135 Å². The molecule has 3 spiro atoms. The number of hydrogen-bond acceptors (Lipinski definition) is 14. The molecular weight excluding hydrogens is 849 g/mol. The molecule has 14 heteroatoms. The van der Waals surface area contributed by atoms with Crippen LogP contribution < -0.4 is 0 Å². The Balaban J connectivity index is 0.897. The third kappa shape index (κ3) is 12.0. The monoisotopic (exact) mass is 929 g/mol. The molecule has 0 aromatic heterocycles. The third-order valence-corrected chi connectivity index (χ3v) is 15.2. The molecule has 7 aliphatic heterocycles. The van der Waals surface area contributed by atoms with Crippen LogP contribution in [-0.2, 0) is 42.7 Å². The molecule has 17 atom stereocenters. The zero-order valence-electron chi connectivity index (χ0n) is 40.3. The van der Waals surface area contributed by atoms with Crippen molar-refractivity contribution in [1.29, 1.82) is 0 Å². The SMILES string of the molecule is C=C1[C@@H](O)[C@@H]2O[C@]3(CC[C@H](/C=C/[C@@H](C)[C@@H]4CC(C)=C[C@@]5(O[C@H](C[C@@](C)(O)C(=O)OC/C(C)=C/C=C/CCO)CC[C@H]5O)O4)O3)CC[C@H]2O[C@@H]1[C@@H](O)C[C@H](C)C1O[C@@]2(CCCCO2)CC[C@H]1C. The average Bonchev–Trinajstić information content (AvgIpc) is 3.68. The van der Waals surface area contributed by atoms with Crippen molar-refractivity contribution >= 4 is 5.97 Å². The van der Waals surface area contributed by atoms with Crippen molar-refractivity contribution in [1.82, 2.24) is 0 Å². The molecular formula is C52H80O14. The van der Waals surface area contributed by atoms with Crippen LogP contribution in [0.4, 0.5) is 0 Å². The van der Waals surface area contributed by atoms with E-state index in [0.29, 0.717) is 62.9 Å². The third-order valence-electron chi connectivity index (χ3n) is 15.2. The van der Waals surface area contributed by atoms with Crippen molar-refractivity contribution in [3.8, 4) is 0 Å². The maximum Gasteiger partial charge on any atom is 0.338 e. The summed E-state index contributed by atoms with van der Waals surface area (Å²) in [6, 6.07) is 0. The maximum atomic E-state index is 13.0. The van der Waals surface area contributed by atoms with Crippen LogP contribution >= 0.6 is 0 Å². The van der Waals surface area contributed by atoms with Gasteiger partial charge in [0.05, 0.1) is 43.2 Å². The first-order chi connectivity index (χ1) is 31.4. The summed E-state index contributed by atoms with van der Waals surface area (Å²) < 4.78 is 51.2. The minimum absolute atomic E-state index is 0.0140. The molecule has 0 saturated carbocycles. The fraction of sp³-hybridized carbons (Fsp3) is 0.788. The summed E-state index contributed by atoms with van der Waals surface area (Å²) in [5, 5.41) is 54.7. The quantitative estimate of drug-likeness (QED) is 0.0674. The smallest absolute Gasteiger partial charge is 0.338 e. The van der Waals surface area contributed by atoms with E-state index < -0.39 is 71.7 Å². The van der Waals surface area contributed by atoms with Crippen LogP contribution in [0.1, 0.15) is 138 Å². The summed E-state index contributed by atoms with van der Waals surface area (Å²) in [6.45, 7) is 16.6. The number of carbonyl (C=O) groups is 1. The number of fused-ring (bicyclic) bond motifs is 1. The lowest BCUT2D eigenvalue weighted by molar-refractivity contribution is -0.321. The first kappa shape index (κ1) is 51.5. The summed E-state index contributed by atoms with van der Waals surface area (Å²) in [4.78, 5) is 13.0. The van der Waals surface area contributed by atoms with E-state index in [1.165, 1.54) is 6.92 Å². The van der Waals surface area contributed by atoms with Gasteiger partial charge in [0.25, 0.3) is 0 Å². The second kappa shape index (κ2) is 21.8. The topological polar surface area (TPSA) is 192 Å². The molecule has 1 unspecified atom stereocenters. The van der Waals surface area contributed by atoms with Crippen LogP contribution in [0.5, 0.6) is 0 Å². The van der Waals surface area contributed by atoms with E-state index in [4.69, 9.17) is 43.0 Å². The van der Waals surface area contributed by atoms with Crippen LogP contribution in [0.2, 0.25) is 0 Å². The fourth-order valence-corrected chi connectivity index (χ4v) is 11.3. The Labute approximate surface area is 392 Å². The molecule has 6 fully saturated rings. The summed E-state index contributed by atoms with van der Waals surface area (Å²) in [5.41, 5.74) is 0.374. The average molecular weight is 929 g/mol. The largest absolute Gasteiger partial charge is 0.459 e. The zero-order chi connectivity index (χ0) is 47.4. The number of hydrogen-bond donors (Lipinski definition) is 5. The van der Waals surface area contributed by atoms with Gasteiger partial charge in [-0.15, -0.1) is 0 Å². The van der Waals surface area contributed by atoms with Gasteiger partial charge in [-0.1, -0.05) is 63.3 Å². The normalized spacial score (nSPS) is 41.2. The molecule has 66 heavy (non-hydrogen) atoms. The van der Waals surface area contributed by atoms with Gasteiger partial charge in [0, 0.05) is 44.6 Å². The van der Waals surface area contributed by atoms with Gasteiger partial charge in [-0.2, -0.15) is 0 Å². The van der Waals surface area contributed by atoms with Crippen LogP contribution in [0.25, 0.3) is 0 Å². The van der Waals surface area contributed by atoms with E-state index in [1.54, 1.807) is 12.2 Å². The highest BCUT2D eigenvalue weighted by molar-refractivity contribution is 5.78. The first-order valence-electron chi connectivity index (χ1n) is 25.0. The highest BCUT2D eigenvalue weighted by Gasteiger charge is 2.55. The van der Waals surface area contributed by atoms with Gasteiger partial charge in [0.1, 0.15) is 31.0 Å². The summed E-state index contributed by atoms with van der Waals surface area (Å²) in [6.07, 6.45) is 15.4. The summed E-state index contributed by atoms with van der Waals surface area (Å²) in [7, 11) is 0. The van der Waals surface area contributed by atoms with Crippen molar-refractivity contribution in [3.05, 3.63) is 59.8 Å². The molecule has 5 N–H and O–H groups in total. The van der Waals surface area contributed by atoms with E-state index in [-0.39, 0.29) is 49.8 Å². The van der Waals surface area contributed by atoms with Gasteiger partial charge in [-0.05, 0) is 114 Å². The maximum absolute atomic E-state index is 13.0. The van der Waals surface area contributed by atoms with Crippen LogP contribution in [0.3, 0.4) is 0 Å². The fourth-order valence-electron chi connectivity index (χ4n) is 11.3. The molecule has 0 aliphatic carbocycles. The number of rotatable bonds is 15. The molecule has 7 rings (SSSR count). The van der Waals surface area contributed by atoms with Gasteiger partial charge in [-0.25, -0.2) is 4.79 Å². The van der Waals surface area contributed by atoms with Crippen molar-refractivity contribution in [3.63, 3.8) is 0 Å². The van der Waals surface area contributed by atoms with Gasteiger partial charge >= 0.3 is 5.97 Å². The lowest BCUT2D eigenvalue weighted by atomic mass is 9.79. The van der Waals surface area contributed by atoms with Gasteiger partial charge in [0.15, 0.2) is 17.2 Å². The first-order valence-corrected chi connectivity index (χ1v) is 25.0.